The van der Waals surface area contributed by atoms with Crippen molar-refractivity contribution in [3.05, 3.63) is 42.7 Å². The van der Waals surface area contributed by atoms with Crippen molar-refractivity contribution in [3.63, 3.8) is 0 Å². The molecule has 2 aromatic heterocycles. The number of pyridine rings is 1. The largest absolute Gasteiger partial charge is 0.318 e. The van der Waals surface area contributed by atoms with E-state index in [0.717, 1.165) is 12.2 Å². The highest BCUT2D eigenvalue weighted by Crippen LogP contribution is 2.17. The molecule has 2 rings (SSSR count). The van der Waals surface area contributed by atoms with Crippen LogP contribution in [0.5, 0.6) is 0 Å². The van der Waals surface area contributed by atoms with E-state index in [1.807, 2.05) is 43.1 Å². The van der Waals surface area contributed by atoms with Crippen molar-refractivity contribution in [1.29, 1.82) is 0 Å². The minimum absolute atomic E-state index is 0.234. The van der Waals surface area contributed by atoms with Crippen molar-refractivity contribution < 1.29 is 0 Å². The summed E-state index contributed by atoms with van der Waals surface area (Å²) in [6.07, 6.45) is 5.26. The molecule has 0 radical (unpaired) electrons. The van der Waals surface area contributed by atoms with E-state index in [1.54, 1.807) is 12.7 Å². The molecule has 5 nitrogen and oxygen atoms in total. The summed E-state index contributed by atoms with van der Waals surface area (Å²) >= 11 is 0. The second kappa shape index (κ2) is 4.85. The first-order chi connectivity index (χ1) is 7.77. The van der Waals surface area contributed by atoms with Gasteiger partial charge in [0, 0.05) is 12.7 Å². The van der Waals surface area contributed by atoms with Gasteiger partial charge >= 0.3 is 0 Å². The van der Waals surface area contributed by atoms with Gasteiger partial charge in [0.15, 0.2) is 0 Å². The highest BCUT2D eigenvalue weighted by Gasteiger charge is 2.15. The summed E-state index contributed by atoms with van der Waals surface area (Å²) in [5, 5.41) is 7.60. The molecule has 0 spiro atoms. The van der Waals surface area contributed by atoms with E-state index in [-0.39, 0.29) is 6.04 Å². The maximum Gasteiger partial charge on any atom is 0.119 e. The molecule has 0 aliphatic heterocycles. The molecule has 0 saturated carbocycles. The number of nitrogens with zero attached hydrogens (tertiary/aromatic N) is 5. The van der Waals surface area contributed by atoms with Crippen molar-refractivity contribution in [2.75, 3.05) is 14.1 Å². The predicted octanol–water partition coefficient (Wildman–Crippen LogP) is 0.976. The first kappa shape index (κ1) is 10.8. The Kier molecular flexibility index (Phi) is 3.26. The molecule has 16 heavy (non-hydrogen) atoms. The third-order valence-electron chi connectivity index (χ3n) is 2.50. The molecule has 0 bridgehead atoms. The fraction of sp³-hybridized carbons (Fsp3) is 0.364. The lowest BCUT2D eigenvalue weighted by Crippen LogP contribution is -2.25. The number of rotatable bonds is 4. The second-order valence-electron chi connectivity index (χ2n) is 3.89. The summed E-state index contributed by atoms with van der Waals surface area (Å²) in [6, 6.07) is 6.20. The van der Waals surface area contributed by atoms with Crippen molar-refractivity contribution in [1.82, 2.24) is 24.6 Å². The Balaban J connectivity index is 2.18. The topological polar surface area (TPSA) is 46.8 Å². The van der Waals surface area contributed by atoms with E-state index >= 15 is 0 Å². The number of likely N-dealkylation sites (N-methyl/N-ethyl adjacent to an activating group) is 1. The lowest BCUT2D eigenvalue weighted by molar-refractivity contribution is 0.263. The molecule has 0 unspecified atom stereocenters. The van der Waals surface area contributed by atoms with Gasteiger partial charge in [0.25, 0.3) is 0 Å². The zero-order valence-corrected chi connectivity index (χ0v) is 9.48. The summed E-state index contributed by atoms with van der Waals surface area (Å²) in [5.74, 6) is 0. The van der Waals surface area contributed by atoms with Crippen LogP contribution in [0.2, 0.25) is 0 Å². The van der Waals surface area contributed by atoms with Crippen molar-refractivity contribution in [3.8, 4) is 0 Å². The lowest BCUT2D eigenvalue weighted by Gasteiger charge is -2.23. The zero-order valence-electron chi connectivity index (χ0n) is 9.48. The van der Waals surface area contributed by atoms with Crippen LogP contribution in [-0.2, 0) is 6.54 Å². The molecule has 0 saturated heterocycles. The van der Waals surface area contributed by atoms with Gasteiger partial charge in [-0.2, -0.15) is 0 Å². The van der Waals surface area contributed by atoms with Crippen LogP contribution >= 0.6 is 0 Å². The van der Waals surface area contributed by atoms with Gasteiger partial charge in [0.1, 0.15) is 12.7 Å². The molecule has 2 heterocycles. The highest BCUT2D eigenvalue weighted by atomic mass is 15.2. The van der Waals surface area contributed by atoms with Gasteiger partial charge in [0.2, 0.25) is 0 Å². The minimum atomic E-state index is 0.234. The highest BCUT2D eigenvalue weighted by molar-refractivity contribution is 5.08. The minimum Gasteiger partial charge on any atom is -0.318 e. The predicted molar refractivity (Wildman–Crippen MR) is 60.7 cm³/mol. The summed E-state index contributed by atoms with van der Waals surface area (Å²) in [7, 11) is 4.09. The van der Waals surface area contributed by atoms with Gasteiger partial charge in [-0.15, -0.1) is 10.2 Å². The molecule has 0 aromatic carbocycles. The van der Waals surface area contributed by atoms with Crippen LogP contribution in [0.25, 0.3) is 0 Å². The van der Waals surface area contributed by atoms with Gasteiger partial charge in [-0.1, -0.05) is 6.07 Å². The Morgan fingerprint density at radius 2 is 2.00 bits per heavy atom. The summed E-state index contributed by atoms with van der Waals surface area (Å²) in [6.45, 7) is 0.803. The van der Waals surface area contributed by atoms with Crippen LogP contribution in [0.15, 0.2) is 37.1 Å². The summed E-state index contributed by atoms with van der Waals surface area (Å²) in [5.41, 5.74) is 1.06. The Labute approximate surface area is 94.8 Å². The summed E-state index contributed by atoms with van der Waals surface area (Å²) in [4.78, 5) is 6.53. The fourth-order valence-electron chi connectivity index (χ4n) is 1.61. The van der Waals surface area contributed by atoms with Gasteiger partial charge in [0.05, 0.1) is 11.7 Å². The molecule has 5 heteroatoms. The van der Waals surface area contributed by atoms with Gasteiger partial charge in [-0.05, 0) is 26.2 Å². The number of hydrogen-bond donors (Lipinski definition) is 0. The van der Waals surface area contributed by atoms with Crippen molar-refractivity contribution in [2.24, 2.45) is 0 Å². The molecule has 84 valence electrons. The molecule has 0 fully saturated rings. The van der Waals surface area contributed by atoms with Crippen LogP contribution in [-0.4, -0.2) is 38.7 Å². The second-order valence-corrected chi connectivity index (χ2v) is 3.89. The molecule has 2 aromatic rings. The van der Waals surface area contributed by atoms with Crippen LogP contribution in [0.3, 0.4) is 0 Å². The Hall–Kier alpha value is -1.75. The van der Waals surface area contributed by atoms with E-state index < -0.39 is 0 Å². The smallest absolute Gasteiger partial charge is 0.119 e. The van der Waals surface area contributed by atoms with Crippen molar-refractivity contribution >= 4 is 0 Å². The van der Waals surface area contributed by atoms with Gasteiger partial charge in [-0.3, -0.25) is 9.88 Å². The SMILES string of the molecule is CN(C)[C@H](Cn1cnnc1)c1ccccn1. The van der Waals surface area contributed by atoms with E-state index in [4.69, 9.17) is 0 Å². The van der Waals surface area contributed by atoms with Gasteiger partial charge in [-0.25, -0.2) is 0 Å². The quantitative estimate of drug-likeness (QED) is 0.765. The van der Waals surface area contributed by atoms with Gasteiger partial charge < -0.3 is 4.57 Å². The van der Waals surface area contributed by atoms with E-state index in [1.165, 1.54) is 0 Å². The standard InChI is InChI=1S/C11H15N5/c1-15(2)11(7-16-8-13-14-9-16)10-5-3-4-6-12-10/h3-6,8-9,11H,7H2,1-2H3/t11-/m1/s1. The van der Waals surface area contributed by atoms with Crippen molar-refractivity contribution in [2.45, 2.75) is 12.6 Å². The first-order valence-electron chi connectivity index (χ1n) is 5.17. The maximum absolute atomic E-state index is 4.39. The third kappa shape index (κ3) is 2.43. The Morgan fingerprint density at radius 3 is 2.56 bits per heavy atom. The summed E-state index contributed by atoms with van der Waals surface area (Å²) < 4.78 is 1.96. The van der Waals surface area contributed by atoms with E-state index in [2.05, 4.69) is 20.1 Å². The molecule has 0 N–H and O–H groups in total. The number of aromatic nitrogens is 4. The molecular formula is C11H15N5. The molecule has 0 aliphatic carbocycles. The molecule has 0 aliphatic rings. The molecule has 0 amide bonds. The van der Waals surface area contributed by atoms with Crippen LogP contribution in [0.4, 0.5) is 0 Å². The normalized spacial score (nSPS) is 12.9. The third-order valence-corrected chi connectivity index (χ3v) is 2.50. The maximum atomic E-state index is 4.39. The average Bonchev–Trinajstić information content (AvgIpc) is 2.79. The fourth-order valence-corrected chi connectivity index (χ4v) is 1.61. The Bertz CT molecular complexity index is 409. The molecule has 1 atom stereocenters. The van der Waals surface area contributed by atoms with E-state index in [9.17, 15) is 0 Å². The van der Waals surface area contributed by atoms with Crippen LogP contribution in [0.1, 0.15) is 11.7 Å². The van der Waals surface area contributed by atoms with Crippen LogP contribution < -0.4 is 0 Å². The van der Waals surface area contributed by atoms with E-state index in [0.29, 0.717) is 0 Å². The zero-order chi connectivity index (χ0) is 11.4. The average molecular weight is 217 g/mol. The molecular weight excluding hydrogens is 202 g/mol. The monoisotopic (exact) mass is 217 g/mol. The lowest BCUT2D eigenvalue weighted by atomic mass is 10.1. The first-order valence-corrected chi connectivity index (χ1v) is 5.17. The number of hydrogen-bond acceptors (Lipinski definition) is 4. The van der Waals surface area contributed by atoms with Crippen LogP contribution in [0, 0.1) is 0 Å². The Morgan fingerprint density at radius 1 is 1.25 bits per heavy atom.